The van der Waals surface area contributed by atoms with Gasteiger partial charge < -0.3 is 0 Å². The number of nitro benzene ring substituents is 2. The Labute approximate surface area is 102 Å². The highest BCUT2D eigenvalue weighted by molar-refractivity contribution is 5.74. The number of nitrogens with zero attached hydrogens (tertiary/aromatic N) is 2. The van der Waals surface area contributed by atoms with E-state index >= 15 is 0 Å². The first kappa shape index (κ1) is 11.7. The lowest BCUT2D eigenvalue weighted by molar-refractivity contribution is -0.385. The molecule has 0 saturated heterocycles. The third-order valence-corrected chi connectivity index (χ3v) is 2.39. The van der Waals surface area contributed by atoms with E-state index in [0.717, 1.165) is 0 Å². The highest BCUT2D eigenvalue weighted by Crippen LogP contribution is 2.31. The van der Waals surface area contributed by atoms with Crippen LogP contribution in [0.25, 0.3) is 11.1 Å². The van der Waals surface area contributed by atoms with Crippen molar-refractivity contribution >= 4 is 11.4 Å². The Balaban J connectivity index is 2.58. The molecule has 2 aromatic carbocycles. The average Bonchev–Trinajstić information content (AvgIpc) is 2.39. The van der Waals surface area contributed by atoms with Gasteiger partial charge in [-0.15, -0.1) is 0 Å². The van der Waals surface area contributed by atoms with Gasteiger partial charge in [0.25, 0.3) is 11.4 Å². The monoisotopic (exact) mass is 243 g/mol. The van der Waals surface area contributed by atoms with Crippen molar-refractivity contribution < 1.29 is 9.85 Å². The third kappa shape index (κ3) is 2.17. The molecule has 0 heterocycles. The predicted molar refractivity (Wildman–Crippen MR) is 64.0 cm³/mol. The van der Waals surface area contributed by atoms with E-state index in [-0.39, 0.29) is 11.4 Å². The Morgan fingerprint density at radius 3 is 2.39 bits per heavy atom. The van der Waals surface area contributed by atoms with Crippen LogP contribution >= 0.6 is 0 Å². The molecular formula is C12H7N2O4. The molecule has 0 aromatic heterocycles. The molecule has 0 saturated carbocycles. The summed E-state index contributed by atoms with van der Waals surface area (Å²) in [7, 11) is 0. The van der Waals surface area contributed by atoms with E-state index in [2.05, 4.69) is 6.07 Å². The summed E-state index contributed by atoms with van der Waals surface area (Å²) in [4.78, 5) is 20.4. The van der Waals surface area contributed by atoms with Crippen molar-refractivity contribution in [3.8, 4) is 11.1 Å². The fourth-order valence-corrected chi connectivity index (χ4v) is 1.60. The summed E-state index contributed by atoms with van der Waals surface area (Å²) < 4.78 is 0. The van der Waals surface area contributed by atoms with E-state index in [1.807, 2.05) is 0 Å². The molecule has 0 unspecified atom stereocenters. The van der Waals surface area contributed by atoms with Crippen LogP contribution in [0.2, 0.25) is 0 Å². The maximum absolute atomic E-state index is 10.9. The van der Waals surface area contributed by atoms with E-state index in [9.17, 15) is 20.2 Å². The molecule has 0 fully saturated rings. The second-order valence-electron chi connectivity index (χ2n) is 3.49. The molecule has 6 nitrogen and oxygen atoms in total. The van der Waals surface area contributed by atoms with Crippen LogP contribution in [-0.4, -0.2) is 9.85 Å². The van der Waals surface area contributed by atoms with Gasteiger partial charge in [-0.05, 0) is 17.7 Å². The molecule has 89 valence electrons. The van der Waals surface area contributed by atoms with Gasteiger partial charge in [0.1, 0.15) is 0 Å². The van der Waals surface area contributed by atoms with Gasteiger partial charge in [0.05, 0.1) is 21.5 Å². The van der Waals surface area contributed by atoms with Crippen molar-refractivity contribution in [3.05, 3.63) is 68.8 Å². The second kappa shape index (κ2) is 4.62. The van der Waals surface area contributed by atoms with Gasteiger partial charge in [-0.2, -0.15) is 0 Å². The quantitative estimate of drug-likeness (QED) is 0.612. The zero-order valence-electron chi connectivity index (χ0n) is 9.07. The Morgan fingerprint density at radius 1 is 1.00 bits per heavy atom. The van der Waals surface area contributed by atoms with Gasteiger partial charge in [-0.25, -0.2) is 0 Å². The van der Waals surface area contributed by atoms with Crippen molar-refractivity contribution in [2.75, 3.05) is 0 Å². The largest absolute Gasteiger partial charge is 0.278 e. The van der Waals surface area contributed by atoms with Gasteiger partial charge in [0.2, 0.25) is 0 Å². The minimum atomic E-state index is -0.585. The molecule has 6 heteroatoms. The molecule has 2 aromatic rings. The topological polar surface area (TPSA) is 86.3 Å². The first-order chi connectivity index (χ1) is 8.59. The van der Waals surface area contributed by atoms with E-state index in [0.29, 0.717) is 11.1 Å². The minimum absolute atomic E-state index is 0.0852. The smallest absolute Gasteiger partial charge is 0.258 e. The number of benzene rings is 2. The molecule has 0 amide bonds. The highest BCUT2D eigenvalue weighted by Gasteiger charge is 2.16. The van der Waals surface area contributed by atoms with E-state index in [4.69, 9.17) is 0 Å². The van der Waals surface area contributed by atoms with Crippen LogP contribution in [0.4, 0.5) is 11.4 Å². The lowest BCUT2D eigenvalue weighted by Gasteiger charge is -2.02. The van der Waals surface area contributed by atoms with E-state index < -0.39 is 9.85 Å². The third-order valence-electron chi connectivity index (χ3n) is 2.39. The molecule has 18 heavy (non-hydrogen) atoms. The second-order valence-corrected chi connectivity index (χ2v) is 3.49. The molecule has 0 spiro atoms. The Hall–Kier alpha value is -2.76. The van der Waals surface area contributed by atoms with E-state index in [1.165, 1.54) is 18.2 Å². The number of hydrogen-bond acceptors (Lipinski definition) is 4. The lowest BCUT2D eigenvalue weighted by Crippen LogP contribution is -1.93. The molecule has 0 bridgehead atoms. The summed E-state index contributed by atoms with van der Waals surface area (Å²) in [5, 5.41) is 21.5. The van der Waals surface area contributed by atoms with Gasteiger partial charge in [-0.1, -0.05) is 18.2 Å². The van der Waals surface area contributed by atoms with Crippen LogP contribution in [0.3, 0.4) is 0 Å². The Bertz CT molecular complexity index is 625. The van der Waals surface area contributed by atoms with E-state index in [1.54, 1.807) is 24.3 Å². The molecule has 1 radical (unpaired) electrons. The first-order valence-corrected chi connectivity index (χ1v) is 4.99. The van der Waals surface area contributed by atoms with Gasteiger partial charge >= 0.3 is 0 Å². The number of non-ortho nitro benzene ring substituents is 1. The fraction of sp³-hybridized carbons (Fsp3) is 0. The minimum Gasteiger partial charge on any atom is -0.258 e. The number of nitro groups is 2. The normalized spacial score (nSPS) is 10.0. The van der Waals surface area contributed by atoms with Crippen LogP contribution in [0.15, 0.2) is 42.5 Å². The Kier molecular flexibility index (Phi) is 3.01. The Morgan fingerprint density at radius 2 is 1.72 bits per heavy atom. The van der Waals surface area contributed by atoms with Crippen molar-refractivity contribution in [2.24, 2.45) is 0 Å². The SMILES string of the molecule is O=[N+]([O-])c1[c]ccc(-c2ccccc2[N+](=O)[O-])c1. The average molecular weight is 243 g/mol. The standard InChI is InChI=1S/C12H7N2O4/c15-13(16)10-5-3-4-9(8-10)11-6-1-2-7-12(11)14(17)18/h1-4,6-8H. The van der Waals surface area contributed by atoms with Gasteiger partial charge in [-0.3, -0.25) is 20.2 Å². The zero-order chi connectivity index (χ0) is 13.1. The van der Waals surface area contributed by atoms with Gasteiger partial charge in [0.15, 0.2) is 0 Å². The number of para-hydroxylation sites is 1. The molecule has 2 rings (SSSR count). The summed E-state index contributed by atoms with van der Waals surface area (Å²) in [6.45, 7) is 0. The maximum atomic E-state index is 10.9. The summed E-state index contributed by atoms with van der Waals surface area (Å²) >= 11 is 0. The zero-order valence-corrected chi connectivity index (χ0v) is 9.07. The van der Waals surface area contributed by atoms with Crippen LogP contribution in [-0.2, 0) is 0 Å². The molecular weight excluding hydrogens is 236 g/mol. The molecule has 0 aliphatic carbocycles. The van der Waals surface area contributed by atoms with Crippen LogP contribution < -0.4 is 0 Å². The highest BCUT2D eigenvalue weighted by atomic mass is 16.6. The molecule has 0 atom stereocenters. The number of rotatable bonds is 3. The molecule has 0 N–H and O–H groups in total. The maximum Gasteiger partial charge on any atom is 0.278 e. The van der Waals surface area contributed by atoms with Crippen molar-refractivity contribution in [1.82, 2.24) is 0 Å². The predicted octanol–water partition coefficient (Wildman–Crippen LogP) is 2.97. The van der Waals surface area contributed by atoms with Crippen LogP contribution in [0.5, 0.6) is 0 Å². The van der Waals surface area contributed by atoms with Crippen molar-refractivity contribution in [2.45, 2.75) is 0 Å². The first-order valence-electron chi connectivity index (χ1n) is 4.99. The van der Waals surface area contributed by atoms with Crippen molar-refractivity contribution in [1.29, 1.82) is 0 Å². The summed E-state index contributed by atoms with van der Waals surface area (Å²) in [5.74, 6) is 0. The van der Waals surface area contributed by atoms with Crippen LogP contribution in [0, 0.1) is 26.3 Å². The van der Waals surface area contributed by atoms with Crippen LogP contribution in [0.1, 0.15) is 0 Å². The summed E-state index contributed by atoms with van der Waals surface area (Å²) in [6, 6.07) is 12.8. The van der Waals surface area contributed by atoms with Crippen molar-refractivity contribution in [3.63, 3.8) is 0 Å². The summed E-state index contributed by atoms with van der Waals surface area (Å²) in [6.07, 6.45) is 0. The lowest BCUT2D eigenvalue weighted by atomic mass is 10.0. The fourth-order valence-electron chi connectivity index (χ4n) is 1.60. The summed E-state index contributed by atoms with van der Waals surface area (Å²) in [5.41, 5.74) is 0.469. The molecule has 0 aliphatic rings. The number of hydrogen-bond donors (Lipinski definition) is 0. The molecule has 0 aliphatic heterocycles. The van der Waals surface area contributed by atoms with Gasteiger partial charge in [0, 0.05) is 12.1 Å².